The Morgan fingerprint density at radius 2 is 1.77 bits per heavy atom. The lowest BCUT2D eigenvalue weighted by molar-refractivity contribution is -0.139. The molecule has 0 spiro atoms. The molecule has 1 fully saturated rings. The molecule has 0 aliphatic heterocycles. The van der Waals surface area contributed by atoms with Crippen molar-refractivity contribution in [1.29, 1.82) is 0 Å². The van der Waals surface area contributed by atoms with E-state index in [1.54, 1.807) is 6.07 Å². The highest BCUT2D eigenvalue weighted by atomic mass is 32.3. The minimum Gasteiger partial charge on any atom is -0.490 e. The zero-order valence-electron chi connectivity index (χ0n) is 19.5. The molecule has 4 nitrogen and oxygen atoms in total. The first-order valence-electron chi connectivity index (χ1n) is 11.2. The number of anilines is 1. The Morgan fingerprint density at radius 3 is 2.40 bits per heavy atom. The third kappa shape index (κ3) is 6.16. The lowest BCUT2D eigenvalue weighted by Gasteiger charge is -2.19. The van der Waals surface area contributed by atoms with Crippen LogP contribution in [0.1, 0.15) is 42.9 Å². The lowest BCUT2D eigenvalue weighted by atomic mass is 10.1. The molecule has 10 heteroatoms. The van der Waals surface area contributed by atoms with Gasteiger partial charge in [0.05, 0.1) is 21.6 Å². The smallest absolute Gasteiger partial charge is 0.419 e. The predicted molar refractivity (Wildman–Crippen MR) is 134 cm³/mol. The fraction of sp³-hybridized carbons (Fsp3) is 0.360. The number of aryl methyl sites for hydroxylation is 2. The highest BCUT2D eigenvalue weighted by Crippen LogP contribution is 2.41. The van der Waals surface area contributed by atoms with Gasteiger partial charge in [-0.15, -0.1) is 11.3 Å². The third-order valence-corrected chi connectivity index (χ3v) is 10.4. The van der Waals surface area contributed by atoms with E-state index in [2.05, 4.69) is 4.72 Å². The third-order valence-electron chi connectivity index (χ3n) is 5.91. The van der Waals surface area contributed by atoms with Gasteiger partial charge in [-0.3, -0.25) is 4.72 Å². The SMILES string of the molecule is Cc1cccc(C)c1Sc1ccc(S(=O)(=O)Nc2ccc(C(F)(F)F)c(O[C@@H]3CCC(C)C3)c2)s1. The van der Waals surface area contributed by atoms with Crippen LogP contribution < -0.4 is 9.46 Å². The Balaban J connectivity index is 1.56. The monoisotopic (exact) mass is 541 g/mol. The van der Waals surface area contributed by atoms with Crippen molar-refractivity contribution >= 4 is 38.8 Å². The Morgan fingerprint density at radius 1 is 1.06 bits per heavy atom. The maximum absolute atomic E-state index is 13.6. The number of alkyl halides is 3. The summed E-state index contributed by atoms with van der Waals surface area (Å²) in [7, 11) is -3.99. The van der Waals surface area contributed by atoms with Gasteiger partial charge in [-0.25, -0.2) is 8.42 Å². The van der Waals surface area contributed by atoms with Gasteiger partial charge in [-0.1, -0.05) is 36.9 Å². The summed E-state index contributed by atoms with van der Waals surface area (Å²) in [6.07, 6.45) is -2.70. The molecule has 2 aromatic carbocycles. The normalized spacial score (nSPS) is 18.6. The average molecular weight is 542 g/mol. The average Bonchev–Trinajstić information content (AvgIpc) is 3.39. The molecule has 1 unspecified atom stereocenters. The molecule has 3 aromatic rings. The second-order valence-corrected chi connectivity index (χ2v) is 13.2. The van der Waals surface area contributed by atoms with E-state index < -0.39 is 21.8 Å². The summed E-state index contributed by atoms with van der Waals surface area (Å²) >= 11 is 2.60. The maximum Gasteiger partial charge on any atom is 0.419 e. The van der Waals surface area contributed by atoms with Crippen LogP contribution in [0, 0.1) is 19.8 Å². The molecule has 0 amide bonds. The first-order valence-corrected chi connectivity index (χ1v) is 14.3. The van der Waals surface area contributed by atoms with Crippen LogP contribution in [0.25, 0.3) is 0 Å². The summed E-state index contributed by atoms with van der Waals surface area (Å²) in [4.78, 5) is 1.07. The van der Waals surface area contributed by atoms with Crippen LogP contribution in [0.15, 0.2) is 61.8 Å². The van der Waals surface area contributed by atoms with Gasteiger partial charge in [0.1, 0.15) is 9.96 Å². The molecular weight excluding hydrogens is 515 g/mol. The van der Waals surface area contributed by atoms with E-state index in [-0.39, 0.29) is 21.8 Å². The van der Waals surface area contributed by atoms with Crippen molar-refractivity contribution in [3.8, 4) is 5.75 Å². The first-order chi connectivity index (χ1) is 16.4. The van der Waals surface area contributed by atoms with Gasteiger partial charge in [0.15, 0.2) is 0 Å². The summed E-state index contributed by atoms with van der Waals surface area (Å²) < 4.78 is 75.7. The number of halogens is 3. The molecule has 0 radical (unpaired) electrons. The summed E-state index contributed by atoms with van der Waals surface area (Å²) in [6.45, 7) is 6.03. The Labute approximate surface area is 212 Å². The number of hydrogen-bond donors (Lipinski definition) is 1. The summed E-state index contributed by atoms with van der Waals surface area (Å²) in [5.41, 5.74) is 1.31. The zero-order valence-corrected chi connectivity index (χ0v) is 21.9. The highest BCUT2D eigenvalue weighted by molar-refractivity contribution is 8.02. The molecule has 1 saturated carbocycles. The molecule has 1 heterocycles. The Hall–Kier alpha value is -2.17. The molecule has 1 aliphatic rings. The van der Waals surface area contributed by atoms with Crippen LogP contribution in [-0.4, -0.2) is 14.5 Å². The van der Waals surface area contributed by atoms with E-state index in [1.165, 1.54) is 17.8 Å². The van der Waals surface area contributed by atoms with Gasteiger partial charge < -0.3 is 4.74 Å². The second kappa shape index (κ2) is 10.1. The van der Waals surface area contributed by atoms with E-state index >= 15 is 0 Å². The van der Waals surface area contributed by atoms with E-state index in [0.717, 1.165) is 56.2 Å². The zero-order chi connectivity index (χ0) is 25.4. The number of nitrogens with one attached hydrogen (secondary N) is 1. The van der Waals surface area contributed by atoms with Crippen LogP contribution in [0.3, 0.4) is 0 Å². The topological polar surface area (TPSA) is 55.4 Å². The van der Waals surface area contributed by atoms with Crippen molar-refractivity contribution in [1.82, 2.24) is 0 Å². The Bertz CT molecular complexity index is 1300. The van der Waals surface area contributed by atoms with Crippen LogP contribution >= 0.6 is 23.1 Å². The summed E-state index contributed by atoms with van der Waals surface area (Å²) in [5.74, 6) is 0.0274. The number of ether oxygens (including phenoxy) is 1. The summed E-state index contributed by atoms with van der Waals surface area (Å²) in [6, 6.07) is 12.3. The fourth-order valence-corrected chi connectivity index (χ4v) is 7.86. The van der Waals surface area contributed by atoms with Crippen molar-refractivity contribution in [3.05, 3.63) is 65.2 Å². The van der Waals surface area contributed by atoms with E-state index in [4.69, 9.17) is 4.74 Å². The minimum atomic E-state index is -4.61. The molecule has 0 bridgehead atoms. The molecule has 188 valence electrons. The van der Waals surface area contributed by atoms with Crippen molar-refractivity contribution in [3.63, 3.8) is 0 Å². The number of benzene rings is 2. The Kier molecular flexibility index (Phi) is 7.45. The van der Waals surface area contributed by atoms with Gasteiger partial charge in [-0.05, 0) is 74.4 Å². The molecule has 2 atom stereocenters. The molecule has 35 heavy (non-hydrogen) atoms. The molecule has 0 saturated heterocycles. The van der Waals surface area contributed by atoms with Crippen molar-refractivity contribution in [2.24, 2.45) is 5.92 Å². The van der Waals surface area contributed by atoms with E-state index in [1.807, 2.05) is 39.0 Å². The quantitative estimate of drug-likeness (QED) is 0.330. The number of sulfonamides is 1. The van der Waals surface area contributed by atoms with Crippen molar-refractivity contribution in [2.45, 2.75) is 65.6 Å². The first kappa shape index (κ1) is 25.9. The molecule has 1 aliphatic carbocycles. The van der Waals surface area contributed by atoms with Crippen molar-refractivity contribution < 1.29 is 26.3 Å². The van der Waals surface area contributed by atoms with Gasteiger partial charge >= 0.3 is 6.18 Å². The van der Waals surface area contributed by atoms with Gasteiger partial charge in [0.2, 0.25) is 0 Å². The van der Waals surface area contributed by atoms with E-state index in [9.17, 15) is 21.6 Å². The van der Waals surface area contributed by atoms with Gasteiger partial charge in [0.25, 0.3) is 10.0 Å². The summed E-state index contributed by atoms with van der Waals surface area (Å²) in [5, 5.41) is 0. The van der Waals surface area contributed by atoms with Crippen LogP contribution in [-0.2, 0) is 16.2 Å². The molecule has 1 N–H and O–H groups in total. The predicted octanol–water partition coefficient (Wildman–Crippen LogP) is 7.90. The minimum absolute atomic E-state index is 0.0244. The number of thiophene rings is 1. The number of hydrogen-bond acceptors (Lipinski definition) is 5. The van der Waals surface area contributed by atoms with Crippen LogP contribution in [0.2, 0.25) is 0 Å². The second-order valence-electron chi connectivity index (χ2n) is 8.87. The van der Waals surface area contributed by atoms with Crippen LogP contribution in [0.4, 0.5) is 18.9 Å². The largest absolute Gasteiger partial charge is 0.490 e. The standard InChI is InChI=1S/C25H26F3NO3S3/c1-15-7-9-19(13-15)32-21-14-18(8-10-20(21)25(26,27)28)29-35(30,31)23-12-11-22(33-23)34-24-16(2)5-4-6-17(24)3/h4-6,8,10-12,14-15,19,29H,7,9,13H2,1-3H3/t15?,19-/m1/s1. The van der Waals surface area contributed by atoms with Crippen LogP contribution in [0.5, 0.6) is 5.75 Å². The fourth-order valence-electron chi connectivity index (χ4n) is 4.13. The molecule has 1 aromatic heterocycles. The lowest BCUT2D eigenvalue weighted by Crippen LogP contribution is -2.17. The molecular formula is C25H26F3NO3S3. The van der Waals surface area contributed by atoms with Gasteiger partial charge in [0, 0.05) is 11.0 Å². The van der Waals surface area contributed by atoms with E-state index in [0.29, 0.717) is 18.8 Å². The molecule has 4 rings (SSSR count). The maximum atomic E-state index is 13.6. The van der Waals surface area contributed by atoms with Crippen molar-refractivity contribution in [2.75, 3.05) is 4.72 Å². The van der Waals surface area contributed by atoms with Gasteiger partial charge in [-0.2, -0.15) is 13.2 Å². The number of rotatable bonds is 7. The highest BCUT2D eigenvalue weighted by Gasteiger charge is 2.36.